The molecule has 108 valence electrons. The van der Waals surface area contributed by atoms with E-state index in [1.807, 2.05) is 43.5 Å². The third kappa shape index (κ3) is 3.15. The van der Waals surface area contributed by atoms with Crippen LogP contribution < -0.4 is 0 Å². The Balaban J connectivity index is 2.18. The first-order valence-corrected chi connectivity index (χ1v) is 8.32. The van der Waals surface area contributed by atoms with Crippen LogP contribution in [0, 0.1) is 0 Å². The van der Waals surface area contributed by atoms with E-state index in [4.69, 9.17) is 0 Å². The Labute approximate surface area is 122 Å². The van der Waals surface area contributed by atoms with Crippen molar-refractivity contribution < 1.29 is 4.21 Å². The molecule has 0 N–H and O–H groups in total. The molecule has 0 aliphatic carbocycles. The molecule has 0 amide bonds. The van der Waals surface area contributed by atoms with Crippen molar-refractivity contribution >= 4 is 10.8 Å². The lowest BCUT2D eigenvalue weighted by Gasteiger charge is -2.16. The molecule has 0 saturated carbocycles. The van der Waals surface area contributed by atoms with Gasteiger partial charge in [0.2, 0.25) is 0 Å². The highest BCUT2D eigenvalue weighted by Gasteiger charge is 2.23. The van der Waals surface area contributed by atoms with E-state index in [-0.39, 0.29) is 10.5 Å². The van der Waals surface area contributed by atoms with Crippen LogP contribution in [0.25, 0.3) is 5.69 Å². The molecule has 0 unspecified atom stereocenters. The number of nitrogens with zero attached hydrogens (tertiary/aromatic N) is 3. The first kappa shape index (κ1) is 14.9. The van der Waals surface area contributed by atoms with Gasteiger partial charge in [-0.3, -0.25) is 4.21 Å². The van der Waals surface area contributed by atoms with Crippen molar-refractivity contribution in [1.82, 2.24) is 15.0 Å². The lowest BCUT2D eigenvalue weighted by molar-refractivity contribution is 0.648. The van der Waals surface area contributed by atoms with Gasteiger partial charge in [-0.05, 0) is 31.9 Å². The third-order valence-electron chi connectivity index (χ3n) is 3.54. The van der Waals surface area contributed by atoms with Crippen molar-refractivity contribution in [3.05, 3.63) is 42.2 Å². The number of hydrogen-bond donors (Lipinski definition) is 0. The highest BCUT2D eigenvalue weighted by molar-refractivity contribution is 7.85. The van der Waals surface area contributed by atoms with Gasteiger partial charge < -0.3 is 0 Å². The van der Waals surface area contributed by atoms with Gasteiger partial charge in [-0.2, -0.15) is 0 Å². The summed E-state index contributed by atoms with van der Waals surface area (Å²) in [5.74, 6) is 0. The van der Waals surface area contributed by atoms with Crippen molar-refractivity contribution in [2.24, 2.45) is 0 Å². The van der Waals surface area contributed by atoms with Crippen LogP contribution in [0.15, 0.2) is 36.5 Å². The van der Waals surface area contributed by atoms with Crippen LogP contribution in [0.2, 0.25) is 0 Å². The maximum atomic E-state index is 12.5. The molecule has 1 heterocycles. The van der Waals surface area contributed by atoms with Crippen molar-refractivity contribution in [1.29, 1.82) is 0 Å². The van der Waals surface area contributed by atoms with Gasteiger partial charge in [0.1, 0.15) is 0 Å². The molecule has 1 aromatic carbocycles. The topological polar surface area (TPSA) is 47.8 Å². The number of para-hydroxylation sites is 1. The van der Waals surface area contributed by atoms with Gasteiger partial charge in [-0.1, -0.05) is 37.3 Å². The van der Waals surface area contributed by atoms with E-state index in [0.29, 0.717) is 0 Å². The Morgan fingerprint density at radius 2 is 1.85 bits per heavy atom. The van der Waals surface area contributed by atoms with Crippen molar-refractivity contribution in [3.8, 4) is 5.69 Å². The summed E-state index contributed by atoms with van der Waals surface area (Å²) < 4.78 is 14.2. The SMILES string of the molecule is CCC(CC)[S@@](=O)[C@H](C)c1cn(-c2ccccc2)nn1. The fraction of sp³-hybridized carbons (Fsp3) is 0.467. The molecule has 0 saturated heterocycles. The smallest absolute Gasteiger partial charge is 0.0984 e. The quantitative estimate of drug-likeness (QED) is 0.820. The number of rotatable bonds is 6. The fourth-order valence-corrected chi connectivity index (χ4v) is 3.78. The van der Waals surface area contributed by atoms with Crippen molar-refractivity contribution in [2.45, 2.75) is 44.1 Å². The molecule has 1 aromatic heterocycles. The Hall–Kier alpha value is -1.49. The maximum Gasteiger partial charge on any atom is 0.0984 e. The summed E-state index contributed by atoms with van der Waals surface area (Å²) in [5.41, 5.74) is 1.76. The Kier molecular flexibility index (Phi) is 5.06. The summed E-state index contributed by atoms with van der Waals surface area (Å²) in [5, 5.41) is 8.46. The van der Waals surface area contributed by atoms with Gasteiger partial charge in [0.05, 0.1) is 22.8 Å². The first-order chi connectivity index (χ1) is 9.67. The zero-order valence-corrected chi connectivity index (χ0v) is 13.0. The highest BCUT2D eigenvalue weighted by atomic mass is 32.2. The highest BCUT2D eigenvalue weighted by Crippen LogP contribution is 2.23. The Morgan fingerprint density at radius 3 is 2.45 bits per heavy atom. The van der Waals surface area contributed by atoms with Crippen LogP contribution in [-0.2, 0) is 10.8 Å². The lowest BCUT2D eigenvalue weighted by Crippen LogP contribution is -2.18. The van der Waals surface area contributed by atoms with Crippen LogP contribution in [0.3, 0.4) is 0 Å². The van der Waals surface area contributed by atoms with E-state index in [2.05, 4.69) is 24.2 Å². The molecule has 0 radical (unpaired) electrons. The minimum absolute atomic E-state index is 0.0858. The van der Waals surface area contributed by atoms with E-state index >= 15 is 0 Å². The van der Waals surface area contributed by atoms with Crippen LogP contribution in [0.5, 0.6) is 0 Å². The summed E-state index contributed by atoms with van der Waals surface area (Å²) in [6.45, 7) is 6.13. The average Bonchev–Trinajstić information content (AvgIpc) is 2.98. The molecule has 0 bridgehead atoms. The molecule has 4 nitrogen and oxygen atoms in total. The number of aromatic nitrogens is 3. The second-order valence-corrected chi connectivity index (χ2v) is 6.86. The predicted molar refractivity (Wildman–Crippen MR) is 82.3 cm³/mol. The van der Waals surface area contributed by atoms with E-state index in [1.165, 1.54) is 0 Å². The fourth-order valence-electron chi connectivity index (χ4n) is 2.19. The second kappa shape index (κ2) is 6.79. The van der Waals surface area contributed by atoms with Crippen LogP contribution in [0.4, 0.5) is 0 Å². The van der Waals surface area contributed by atoms with E-state index in [1.54, 1.807) is 4.68 Å². The van der Waals surface area contributed by atoms with E-state index in [0.717, 1.165) is 24.2 Å². The summed E-state index contributed by atoms with van der Waals surface area (Å²) in [4.78, 5) is 0. The molecule has 2 rings (SSSR count). The standard InChI is InChI=1S/C15H21N3OS/c1-4-14(5-2)20(19)12(3)15-11-18(17-16-15)13-9-7-6-8-10-13/h6-12,14H,4-5H2,1-3H3/t12-,20+/m1/s1. The van der Waals surface area contributed by atoms with Gasteiger partial charge in [0.15, 0.2) is 0 Å². The van der Waals surface area contributed by atoms with Crippen LogP contribution in [0.1, 0.15) is 44.6 Å². The summed E-state index contributed by atoms with van der Waals surface area (Å²) in [6, 6.07) is 9.83. The molecule has 2 aromatic rings. The predicted octanol–water partition coefficient (Wildman–Crippen LogP) is 3.27. The van der Waals surface area contributed by atoms with E-state index in [9.17, 15) is 4.21 Å². The zero-order chi connectivity index (χ0) is 14.5. The van der Waals surface area contributed by atoms with Crippen molar-refractivity contribution in [2.75, 3.05) is 0 Å². The monoisotopic (exact) mass is 291 g/mol. The minimum Gasteiger partial charge on any atom is -0.259 e. The van der Waals surface area contributed by atoms with Gasteiger partial charge in [-0.15, -0.1) is 5.10 Å². The molecule has 0 fully saturated rings. The molecular formula is C15H21N3OS. The minimum atomic E-state index is -0.912. The lowest BCUT2D eigenvalue weighted by atomic mass is 10.3. The zero-order valence-electron chi connectivity index (χ0n) is 12.2. The number of benzene rings is 1. The Morgan fingerprint density at radius 1 is 1.20 bits per heavy atom. The Bertz CT molecular complexity index is 564. The molecule has 5 heteroatoms. The van der Waals surface area contributed by atoms with Crippen LogP contribution in [-0.4, -0.2) is 24.5 Å². The van der Waals surface area contributed by atoms with Gasteiger partial charge >= 0.3 is 0 Å². The summed E-state index contributed by atoms with van der Waals surface area (Å²) in [6.07, 6.45) is 3.74. The second-order valence-electron chi connectivity index (χ2n) is 4.83. The van der Waals surface area contributed by atoms with Crippen LogP contribution >= 0.6 is 0 Å². The largest absolute Gasteiger partial charge is 0.259 e. The normalized spacial score (nSPS) is 14.4. The molecule has 20 heavy (non-hydrogen) atoms. The van der Waals surface area contributed by atoms with E-state index < -0.39 is 10.8 Å². The van der Waals surface area contributed by atoms with Gasteiger partial charge in [0, 0.05) is 16.0 Å². The summed E-state index contributed by atoms with van der Waals surface area (Å²) in [7, 11) is -0.912. The third-order valence-corrected chi connectivity index (χ3v) is 5.80. The van der Waals surface area contributed by atoms with Gasteiger partial charge in [0.25, 0.3) is 0 Å². The molecular weight excluding hydrogens is 270 g/mol. The number of hydrogen-bond acceptors (Lipinski definition) is 3. The average molecular weight is 291 g/mol. The molecule has 0 aliphatic heterocycles. The van der Waals surface area contributed by atoms with Crippen molar-refractivity contribution in [3.63, 3.8) is 0 Å². The first-order valence-electron chi connectivity index (χ1n) is 7.04. The molecule has 2 atom stereocenters. The van der Waals surface area contributed by atoms with Gasteiger partial charge in [-0.25, -0.2) is 4.68 Å². The molecule has 0 aliphatic rings. The summed E-state index contributed by atoms with van der Waals surface area (Å²) >= 11 is 0. The molecule has 0 spiro atoms. The maximum absolute atomic E-state index is 12.5.